The van der Waals surface area contributed by atoms with E-state index >= 15 is 0 Å². The summed E-state index contributed by atoms with van der Waals surface area (Å²) in [4.78, 5) is 0. The summed E-state index contributed by atoms with van der Waals surface area (Å²) in [6.07, 6.45) is 0.952. The monoisotopic (exact) mass is 424 g/mol. The summed E-state index contributed by atoms with van der Waals surface area (Å²) in [6, 6.07) is 38.6. The summed E-state index contributed by atoms with van der Waals surface area (Å²) < 4.78 is 0. The van der Waals surface area contributed by atoms with Crippen molar-refractivity contribution < 1.29 is 0 Å². The lowest BCUT2D eigenvalue weighted by Crippen LogP contribution is -2.40. The van der Waals surface area contributed by atoms with E-state index in [0.717, 1.165) is 17.1 Å². The van der Waals surface area contributed by atoms with E-state index in [2.05, 4.69) is 108 Å². The van der Waals surface area contributed by atoms with Gasteiger partial charge in [-0.15, -0.1) is 0 Å². The third-order valence-corrected chi connectivity index (χ3v) is 6.33. The molecular formula is C28H25ClN2. The minimum absolute atomic E-state index is 0.134. The predicted molar refractivity (Wildman–Crippen MR) is 131 cm³/mol. The van der Waals surface area contributed by atoms with Crippen LogP contribution < -0.4 is 10.6 Å². The highest BCUT2D eigenvalue weighted by Crippen LogP contribution is 2.45. The van der Waals surface area contributed by atoms with Gasteiger partial charge in [-0.3, -0.25) is 0 Å². The van der Waals surface area contributed by atoms with E-state index in [1.165, 1.54) is 22.4 Å². The number of fused-ring (bicyclic) bond motifs is 1. The molecular weight excluding hydrogens is 400 g/mol. The second-order valence-electron chi connectivity index (χ2n) is 8.09. The normalized spacial score (nSPS) is 19.8. The zero-order chi connectivity index (χ0) is 21.0. The van der Waals surface area contributed by atoms with Gasteiger partial charge in [-0.1, -0.05) is 90.5 Å². The first-order valence-corrected chi connectivity index (χ1v) is 11.1. The van der Waals surface area contributed by atoms with Gasteiger partial charge in [0.15, 0.2) is 0 Å². The Hall–Kier alpha value is -3.23. The van der Waals surface area contributed by atoms with Crippen LogP contribution in [0.4, 0.5) is 11.4 Å². The molecule has 1 aliphatic rings. The first-order chi connectivity index (χ1) is 15.3. The molecule has 2 N–H and O–H groups in total. The first kappa shape index (κ1) is 19.7. The smallest absolute Gasteiger partial charge is 0.0622 e. The molecule has 0 unspecified atom stereocenters. The molecule has 1 aliphatic heterocycles. The molecule has 1 heterocycles. The summed E-state index contributed by atoms with van der Waals surface area (Å²) in [5.74, 6) is 0.256. The van der Waals surface area contributed by atoms with Crippen molar-refractivity contribution in [1.82, 2.24) is 0 Å². The van der Waals surface area contributed by atoms with Crippen LogP contribution in [0.5, 0.6) is 0 Å². The van der Waals surface area contributed by atoms with Crippen molar-refractivity contribution in [2.24, 2.45) is 0 Å². The van der Waals surface area contributed by atoms with Gasteiger partial charge in [-0.25, -0.2) is 0 Å². The van der Waals surface area contributed by atoms with Crippen LogP contribution in [0, 0.1) is 0 Å². The molecule has 4 aromatic rings. The summed E-state index contributed by atoms with van der Waals surface area (Å²) in [5, 5.41) is 8.44. The minimum Gasteiger partial charge on any atom is -0.381 e. The maximum Gasteiger partial charge on any atom is 0.0622 e. The van der Waals surface area contributed by atoms with Crippen molar-refractivity contribution in [1.29, 1.82) is 0 Å². The minimum atomic E-state index is 0.134. The average Bonchev–Trinajstić information content (AvgIpc) is 2.82. The second kappa shape index (κ2) is 8.87. The molecule has 4 aromatic carbocycles. The molecule has 0 saturated carbocycles. The zero-order valence-corrected chi connectivity index (χ0v) is 18.0. The van der Waals surface area contributed by atoms with E-state index in [1.807, 2.05) is 12.1 Å². The molecule has 0 spiro atoms. The number of hydrogen-bond acceptors (Lipinski definition) is 2. The average molecular weight is 425 g/mol. The highest BCUT2D eigenvalue weighted by atomic mass is 35.5. The quantitative estimate of drug-likeness (QED) is 0.351. The molecule has 0 radical (unpaired) electrons. The van der Waals surface area contributed by atoms with Gasteiger partial charge >= 0.3 is 0 Å². The SMILES string of the molecule is Clc1ccc(N[C@H]2c3ccccc3N[C@@H](Cc3ccccc3)[C@@H]2c2ccccc2)cc1. The van der Waals surface area contributed by atoms with Crippen LogP contribution in [0.1, 0.15) is 28.7 Å². The van der Waals surface area contributed by atoms with E-state index in [0.29, 0.717) is 0 Å². The van der Waals surface area contributed by atoms with Crippen molar-refractivity contribution in [2.45, 2.75) is 24.4 Å². The van der Waals surface area contributed by atoms with E-state index in [4.69, 9.17) is 11.6 Å². The van der Waals surface area contributed by atoms with E-state index in [9.17, 15) is 0 Å². The lowest BCUT2D eigenvalue weighted by atomic mass is 9.76. The van der Waals surface area contributed by atoms with Gasteiger partial charge in [0, 0.05) is 28.4 Å². The van der Waals surface area contributed by atoms with Crippen LogP contribution in [0.25, 0.3) is 0 Å². The maximum atomic E-state index is 6.14. The summed E-state index contributed by atoms with van der Waals surface area (Å²) in [5.41, 5.74) is 6.23. The van der Waals surface area contributed by atoms with Crippen molar-refractivity contribution in [3.05, 3.63) is 131 Å². The molecule has 3 atom stereocenters. The number of hydrogen-bond donors (Lipinski definition) is 2. The predicted octanol–water partition coefficient (Wildman–Crippen LogP) is 7.31. The number of anilines is 2. The van der Waals surface area contributed by atoms with Gasteiger partial charge in [0.25, 0.3) is 0 Å². The Kier molecular flexibility index (Phi) is 5.64. The van der Waals surface area contributed by atoms with Gasteiger partial charge < -0.3 is 10.6 Å². The molecule has 3 heteroatoms. The zero-order valence-electron chi connectivity index (χ0n) is 17.2. The van der Waals surface area contributed by atoms with E-state index in [1.54, 1.807) is 0 Å². The van der Waals surface area contributed by atoms with Crippen LogP contribution in [-0.4, -0.2) is 6.04 Å². The standard InChI is InChI=1S/C28H25ClN2/c29-22-15-17-23(18-16-22)30-28-24-13-7-8-14-25(24)31-26(19-20-9-3-1-4-10-20)27(28)21-11-5-2-6-12-21/h1-18,26-28,30-31H,19H2/t26-,27-,28-/m0/s1. The number of benzene rings is 4. The Morgan fingerprint density at radius 3 is 2.10 bits per heavy atom. The largest absolute Gasteiger partial charge is 0.381 e. The molecule has 0 aliphatic carbocycles. The van der Waals surface area contributed by atoms with Gasteiger partial charge in [-0.2, -0.15) is 0 Å². The second-order valence-corrected chi connectivity index (χ2v) is 8.53. The maximum absolute atomic E-state index is 6.14. The Balaban J connectivity index is 1.59. The molecule has 0 bridgehead atoms. The van der Waals surface area contributed by atoms with Gasteiger partial charge in [0.05, 0.1) is 6.04 Å². The van der Waals surface area contributed by atoms with Gasteiger partial charge in [-0.05, 0) is 53.4 Å². The number of para-hydroxylation sites is 1. The fourth-order valence-corrected chi connectivity index (χ4v) is 4.78. The number of halogens is 1. The fraction of sp³-hybridized carbons (Fsp3) is 0.143. The third-order valence-electron chi connectivity index (χ3n) is 6.08. The van der Waals surface area contributed by atoms with E-state index in [-0.39, 0.29) is 18.0 Å². The van der Waals surface area contributed by atoms with E-state index < -0.39 is 0 Å². The molecule has 31 heavy (non-hydrogen) atoms. The third kappa shape index (κ3) is 4.30. The van der Waals surface area contributed by atoms with Crippen molar-refractivity contribution >= 4 is 23.0 Å². The molecule has 0 amide bonds. The van der Waals surface area contributed by atoms with Crippen LogP contribution >= 0.6 is 11.6 Å². The fourth-order valence-electron chi connectivity index (χ4n) is 4.65. The molecule has 0 saturated heterocycles. The van der Waals surface area contributed by atoms with Crippen LogP contribution in [-0.2, 0) is 6.42 Å². The van der Waals surface area contributed by atoms with Crippen LogP contribution in [0.15, 0.2) is 109 Å². The Morgan fingerprint density at radius 2 is 1.35 bits per heavy atom. The Bertz CT molecular complexity index is 1130. The molecule has 0 aromatic heterocycles. The van der Waals surface area contributed by atoms with Gasteiger partial charge in [0.1, 0.15) is 0 Å². The lowest BCUT2D eigenvalue weighted by molar-refractivity contribution is 0.479. The molecule has 2 nitrogen and oxygen atoms in total. The van der Waals surface area contributed by atoms with Crippen molar-refractivity contribution in [3.8, 4) is 0 Å². The highest BCUT2D eigenvalue weighted by molar-refractivity contribution is 6.30. The van der Waals surface area contributed by atoms with Crippen molar-refractivity contribution in [2.75, 3.05) is 10.6 Å². The summed E-state index contributed by atoms with van der Waals surface area (Å²) in [6.45, 7) is 0. The number of nitrogens with one attached hydrogen (secondary N) is 2. The van der Waals surface area contributed by atoms with Crippen molar-refractivity contribution in [3.63, 3.8) is 0 Å². The Morgan fingerprint density at radius 1 is 0.710 bits per heavy atom. The van der Waals surface area contributed by atoms with Crippen LogP contribution in [0.2, 0.25) is 5.02 Å². The molecule has 5 rings (SSSR count). The van der Waals surface area contributed by atoms with Gasteiger partial charge in [0.2, 0.25) is 0 Å². The molecule has 154 valence electrons. The summed E-state index contributed by atoms with van der Waals surface area (Å²) in [7, 11) is 0. The summed E-state index contributed by atoms with van der Waals surface area (Å²) >= 11 is 6.14. The lowest BCUT2D eigenvalue weighted by Gasteiger charge is -2.42. The molecule has 0 fully saturated rings. The Labute approximate surface area is 188 Å². The topological polar surface area (TPSA) is 24.1 Å². The number of rotatable bonds is 5. The first-order valence-electron chi connectivity index (χ1n) is 10.7. The highest BCUT2D eigenvalue weighted by Gasteiger charge is 2.37. The van der Waals surface area contributed by atoms with Crippen LogP contribution in [0.3, 0.4) is 0 Å².